The summed E-state index contributed by atoms with van der Waals surface area (Å²) >= 11 is 0. The largest absolute Gasteiger partial charge is 0.275 e. The third-order valence-corrected chi connectivity index (χ3v) is 4.74. The summed E-state index contributed by atoms with van der Waals surface area (Å²) in [4.78, 5) is 17.5. The molecule has 3 nitrogen and oxygen atoms in total. The second-order valence-electron chi connectivity index (χ2n) is 7.20. The molecule has 2 rings (SSSR count). The molecule has 0 spiro atoms. The summed E-state index contributed by atoms with van der Waals surface area (Å²) in [6, 6.07) is 10.6. The van der Waals surface area contributed by atoms with Crippen LogP contribution in [0.4, 0.5) is 0 Å². The Morgan fingerprint density at radius 2 is 1.90 bits per heavy atom. The van der Waals surface area contributed by atoms with Gasteiger partial charge in [0.15, 0.2) is 0 Å². The van der Waals surface area contributed by atoms with Gasteiger partial charge in [0, 0.05) is 13.0 Å². The van der Waals surface area contributed by atoms with Crippen molar-refractivity contribution in [1.82, 2.24) is 5.06 Å². The second-order valence-corrected chi connectivity index (χ2v) is 7.20. The highest BCUT2D eigenvalue weighted by Gasteiger charge is 2.51. The van der Waals surface area contributed by atoms with E-state index in [-0.39, 0.29) is 17.2 Å². The van der Waals surface area contributed by atoms with Gasteiger partial charge in [-0.1, -0.05) is 51.1 Å². The molecule has 1 aromatic carbocycles. The van der Waals surface area contributed by atoms with Crippen molar-refractivity contribution in [2.45, 2.75) is 33.6 Å². The molecule has 1 aromatic rings. The Bertz CT molecular complexity index is 478. The van der Waals surface area contributed by atoms with Gasteiger partial charge in [0.2, 0.25) is 5.91 Å². The molecule has 116 valence electrons. The highest BCUT2D eigenvalue weighted by atomic mass is 16.7. The fourth-order valence-corrected chi connectivity index (χ4v) is 3.77. The summed E-state index contributed by atoms with van der Waals surface area (Å²) < 4.78 is 0. The third-order valence-electron chi connectivity index (χ3n) is 4.74. The van der Waals surface area contributed by atoms with Crippen LogP contribution in [0.15, 0.2) is 30.3 Å². The van der Waals surface area contributed by atoms with Gasteiger partial charge in [-0.05, 0) is 35.7 Å². The lowest BCUT2D eigenvalue weighted by molar-refractivity contribution is -0.186. The summed E-state index contributed by atoms with van der Waals surface area (Å²) in [5, 5.41) is 1.38. The number of hydrogen-bond donors (Lipinski definition) is 0. The third kappa shape index (κ3) is 3.46. The van der Waals surface area contributed by atoms with Crippen LogP contribution in [0.2, 0.25) is 0 Å². The Kier molecular flexibility index (Phi) is 4.72. The number of nitrogens with zero attached hydrogens (tertiary/aromatic N) is 1. The number of hydroxylamine groups is 2. The Morgan fingerprint density at radius 1 is 1.29 bits per heavy atom. The van der Waals surface area contributed by atoms with Gasteiger partial charge in [-0.25, -0.2) is 5.06 Å². The molecule has 1 saturated carbocycles. The van der Waals surface area contributed by atoms with Crippen LogP contribution in [0.3, 0.4) is 0 Å². The van der Waals surface area contributed by atoms with Crippen LogP contribution in [0.1, 0.15) is 32.8 Å². The molecule has 3 heteroatoms. The second kappa shape index (κ2) is 6.18. The van der Waals surface area contributed by atoms with Crippen molar-refractivity contribution in [2.24, 2.45) is 23.2 Å². The summed E-state index contributed by atoms with van der Waals surface area (Å²) in [6.07, 6.45) is 2.02. The van der Waals surface area contributed by atoms with Crippen molar-refractivity contribution >= 4 is 5.91 Å². The highest BCUT2D eigenvalue weighted by molar-refractivity contribution is 5.79. The molecular formula is C18H27NO2. The van der Waals surface area contributed by atoms with Gasteiger partial charge in [-0.3, -0.25) is 9.63 Å². The Labute approximate surface area is 128 Å². The van der Waals surface area contributed by atoms with Crippen molar-refractivity contribution < 1.29 is 9.63 Å². The molecule has 3 unspecified atom stereocenters. The lowest BCUT2D eigenvalue weighted by Crippen LogP contribution is -2.52. The maximum Gasteiger partial charge on any atom is 0.249 e. The first kappa shape index (κ1) is 16.0. The van der Waals surface area contributed by atoms with E-state index in [4.69, 9.17) is 4.84 Å². The van der Waals surface area contributed by atoms with Crippen LogP contribution in [0.25, 0.3) is 0 Å². The minimum atomic E-state index is 0.0867. The Hall–Kier alpha value is -1.35. The summed E-state index contributed by atoms with van der Waals surface area (Å²) in [5.41, 5.74) is 1.50. The SMILES string of the molecule is CON(C)C(=O)C1CC(Cc2ccccc2)C1C(C)(C)C. The normalized spacial score (nSPS) is 25.3. The molecule has 0 radical (unpaired) electrons. The van der Waals surface area contributed by atoms with Crippen molar-refractivity contribution in [3.8, 4) is 0 Å². The number of amides is 1. The average Bonchev–Trinajstić information content (AvgIpc) is 2.40. The molecule has 21 heavy (non-hydrogen) atoms. The predicted molar refractivity (Wildman–Crippen MR) is 84.5 cm³/mol. The maximum absolute atomic E-state index is 12.4. The van der Waals surface area contributed by atoms with E-state index < -0.39 is 0 Å². The molecule has 0 aliphatic heterocycles. The molecule has 0 N–H and O–H groups in total. The molecule has 1 aliphatic rings. The summed E-state index contributed by atoms with van der Waals surface area (Å²) in [6.45, 7) is 6.71. The summed E-state index contributed by atoms with van der Waals surface area (Å²) in [7, 11) is 3.25. The molecule has 3 atom stereocenters. The predicted octanol–water partition coefficient (Wildman–Crippen LogP) is 3.55. The van der Waals surface area contributed by atoms with Crippen molar-refractivity contribution in [1.29, 1.82) is 0 Å². The zero-order valence-electron chi connectivity index (χ0n) is 13.8. The number of hydrogen-bond acceptors (Lipinski definition) is 2. The summed E-state index contributed by atoms with van der Waals surface area (Å²) in [5.74, 6) is 1.18. The fourth-order valence-electron chi connectivity index (χ4n) is 3.77. The lowest BCUT2D eigenvalue weighted by Gasteiger charge is -2.51. The van der Waals surface area contributed by atoms with E-state index in [0.717, 1.165) is 12.8 Å². The van der Waals surface area contributed by atoms with Gasteiger partial charge in [0.1, 0.15) is 0 Å². The van der Waals surface area contributed by atoms with Crippen molar-refractivity contribution in [2.75, 3.05) is 14.2 Å². The van der Waals surface area contributed by atoms with Gasteiger partial charge in [-0.15, -0.1) is 0 Å². The van der Waals surface area contributed by atoms with E-state index in [0.29, 0.717) is 11.8 Å². The van der Waals surface area contributed by atoms with Gasteiger partial charge < -0.3 is 0 Å². The molecule has 0 heterocycles. The van der Waals surface area contributed by atoms with E-state index in [9.17, 15) is 4.79 Å². The zero-order valence-corrected chi connectivity index (χ0v) is 13.8. The smallest absolute Gasteiger partial charge is 0.249 e. The standard InChI is InChI=1S/C18H27NO2/c1-18(2,3)16-14(11-13-9-7-6-8-10-13)12-15(16)17(20)19(4)21-5/h6-10,14-16H,11-12H2,1-5H3. The van der Waals surface area contributed by atoms with Gasteiger partial charge in [-0.2, -0.15) is 0 Å². The highest BCUT2D eigenvalue weighted by Crippen LogP contribution is 2.52. The van der Waals surface area contributed by atoms with E-state index in [1.807, 2.05) is 6.07 Å². The average molecular weight is 289 g/mol. The van der Waals surface area contributed by atoms with Crippen LogP contribution >= 0.6 is 0 Å². The van der Waals surface area contributed by atoms with Crippen LogP contribution in [-0.2, 0) is 16.1 Å². The monoisotopic (exact) mass is 289 g/mol. The number of benzene rings is 1. The van der Waals surface area contributed by atoms with Crippen LogP contribution < -0.4 is 0 Å². The Balaban J connectivity index is 2.10. The first-order chi connectivity index (χ1) is 9.84. The molecule has 0 bridgehead atoms. The van der Waals surface area contributed by atoms with Crippen molar-refractivity contribution in [3.05, 3.63) is 35.9 Å². The van der Waals surface area contributed by atoms with Gasteiger partial charge in [0.25, 0.3) is 0 Å². The van der Waals surface area contributed by atoms with Gasteiger partial charge >= 0.3 is 0 Å². The molecule has 0 saturated heterocycles. The van der Waals surface area contributed by atoms with E-state index in [2.05, 4.69) is 45.0 Å². The minimum absolute atomic E-state index is 0.0867. The first-order valence-electron chi connectivity index (χ1n) is 7.70. The molecule has 0 aromatic heterocycles. The number of rotatable bonds is 4. The van der Waals surface area contributed by atoms with Crippen LogP contribution in [0.5, 0.6) is 0 Å². The first-order valence-corrected chi connectivity index (χ1v) is 7.70. The lowest BCUT2D eigenvalue weighted by atomic mass is 9.53. The quantitative estimate of drug-likeness (QED) is 0.793. The van der Waals surface area contributed by atoms with Crippen LogP contribution in [-0.4, -0.2) is 25.1 Å². The molecule has 1 fully saturated rings. The Morgan fingerprint density at radius 3 is 2.43 bits per heavy atom. The number of carbonyl (C=O) groups excluding carboxylic acids is 1. The van der Waals surface area contributed by atoms with E-state index >= 15 is 0 Å². The maximum atomic E-state index is 12.4. The minimum Gasteiger partial charge on any atom is -0.275 e. The topological polar surface area (TPSA) is 29.5 Å². The zero-order chi connectivity index (χ0) is 15.6. The number of carbonyl (C=O) groups is 1. The van der Waals surface area contributed by atoms with Gasteiger partial charge in [0.05, 0.1) is 7.11 Å². The fraction of sp³-hybridized carbons (Fsp3) is 0.611. The van der Waals surface area contributed by atoms with E-state index in [1.165, 1.54) is 10.6 Å². The molecule has 1 amide bonds. The molecular weight excluding hydrogens is 262 g/mol. The van der Waals surface area contributed by atoms with Crippen LogP contribution in [0, 0.1) is 23.2 Å². The van der Waals surface area contributed by atoms with Crippen molar-refractivity contribution in [3.63, 3.8) is 0 Å². The van der Waals surface area contributed by atoms with E-state index in [1.54, 1.807) is 14.2 Å². The molecule has 1 aliphatic carbocycles.